The maximum atomic E-state index is 10.4. The van der Waals surface area contributed by atoms with E-state index in [0.29, 0.717) is 23.4 Å². The Hall–Kier alpha value is -1.45. The van der Waals surface area contributed by atoms with Gasteiger partial charge in [0.25, 0.3) is 0 Å². The van der Waals surface area contributed by atoms with Gasteiger partial charge in [-0.1, -0.05) is 0 Å². The molecule has 2 N–H and O–H groups in total. The van der Waals surface area contributed by atoms with Crippen molar-refractivity contribution in [2.75, 3.05) is 5.73 Å². The number of hydrogen-bond acceptors (Lipinski definition) is 4. The Balaban J connectivity index is 3.36. The van der Waals surface area contributed by atoms with Gasteiger partial charge in [0.2, 0.25) is 0 Å². The number of nitrogens with zero attached hydrogens (tertiary/aromatic N) is 2. The SMILES string of the molecule is Cc1nc(C)c(C=O)c(N)n1. The molecule has 0 saturated carbocycles. The number of hydrogen-bond donors (Lipinski definition) is 1. The summed E-state index contributed by atoms with van der Waals surface area (Å²) in [6, 6.07) is 0. The molecule has 0 aliphatic heterocycles. The Kier molecular flexibility index (Phi) is 1.85. The highest BCUT2D eigenvalue weighted by molar-refractivity contribution is 5.82. The van der Waals surface area contributed by atoms with Crippen molar-refractivity contribution in [3.63, 3.8) is 0 Å². The van der Waals surface area contributed by atoms with Crippen molar-refractivity contribution >= 4 is 12.1 Å². The molecule has 0 radical (unpaired) electrons. The molecule has 11 heavy (non-hydrogen) atoms. The average Bonchev–Trinajstić information content (AvgIpc) is 1.85. The predicted octanol–water partition coefficient (Wildman–Crippen LogP) is 0.488. The van der Waals surface area contributed by atoms with E-state index < -0.39 is 0 Å². The van der Waals surface area contributed by atoms with Gasteiger partial charge in [0.15, 0.2) is 6.29 Å². The summed E-state index contributed by atoms with van der Waals surface area (Å²) in [5.74, 6) is 0.843. The lowest BCUT2D eigenvalue weighted by atomic mass is 10.2. The molecule has 1 aromatic rings. The minimum Gasteiger partial charge on any atom is -0.383 e. The third-order valence-corrected chi connectivity index (χ3v) is 1.40. The summed E-state index contributed by atoms with van der Waals surface area (Å²) in [6.07, 6.45) is 0.671. The Morgan fingerprint density at radius 3 is 2.45 bits per heavy atom. The molecule has 58 valence electrons. The van der Waals surface area contributed by atoms with E-state index in [1.54, 1.807) is 13.8 Å². The Morgan fingerprint density at radius 1 is 1.36 bits per heavy atom. The smallest absolute Gasteiger partial charge is 0.155 e. The maximum absolute atomic E-state index is 10.4. The van der Waals surface area contributed by atoms with Crippen LogP contribution in [0.3, 0.4) is 0 Å². The van der Waals surface area contributed by atoms with Gasteiger partial charge >= 0.3 is 0 Å². The van der Waals surface area contributed by atoms with Crippen LogP contribution in [-0.2, 0) is 0 Å². The highest BCUT2D eigenvalue weighted by Crippen LogP contribution is 2.08. The van der Waals surface area contributed by atoms with Crippen molar-refractivity contribution in [2.45, 2.75) is 13.8 Å². The first-order valence-electron chi connectivity index (χ1n) is 3.21. The van der Waals surface area contributed by atoms with Crippen LogP contribution in [0.15, 0.2) is 0 Å². The minimum atomic E-state index is 0.255. The topological polar surface area (TPSA) is 68.9 Å². The highest BCUT2D eigenvalue weighted by Gasteiger charge is 2.04. The van der Waals surface area contributed by atoms with Gasteiger partial charge in [-0.25, -0.2) is 9.97 Å². The molecule has 1 heterocycles. The summed E-state index contributed by atoms with van der Waals surface area (Å²) in [4.78, 5) is 18.2. The van der Waals surface area contributed by atoms with Gasteiger partial charge in [-0.15, -0.1) is 0 Å². The minimum absolute atomic E-state index is 0.255. The molecule has 0 bridgehead atoms. The van der Waals surface area contributed by atoms with Gasteiger partial charge in [-0.2, -0.15) is 0 Å². The molecule has 0 spiro atoms. The van der Waals surface area contributed by atoms with E-state index in [4.69, 9.17) is 5.73 Å². The predicted molar refractivity (Wildman–Crippen MR) is 41.3 cm³/mol. The molecule has 0 aliphatic carbocycles. The zero-order valence-electron chi connectivity index (χ0n) is 6.46. The van der Waals surface area contributed by atoms with Crippen LogP contribution >= 0.6 is 0 Å². The third-order valence-electron chi connectivity index (χ3n) is 1.40. The van der Waals surface area contributed by atoms with Crippen LogP contribution in [-0.4, -0.2) is 16.3 Å². The molecule has 0 atom stereocenters. The molecular weight excluding hydrogens is 142 g/mol. The number of aldehydes is 1. The second kappa shape index (κ2) is 2.65. The van der Waals surface area contributed by atoms with Crippen molar-refractivity contribution in [1.82, 2.24) is 9.97 Å². The average molecular weight is 151 g/mol. The zero-order valence-corrected chi connectivity index (χ0v) is 6.46. The Bertz CT molecular complexity index is 273. The van der Waals surface area contributed by atoms with Crippen molar-refractivity contribution in [3.05, 3.63) is 17.1 Å². The number of anilines is 1. The van der Waals surface area contributed by atoms with E-state index in [-0.39, 0.29) is 5.82 Å². The van der Waals surface area contributed by atoms with Crippen LogP contribution < -0.4 is 5.73 Å². The van der Waals surface area contributed by atoms with E-state index in [1.165, 1.54) is 0 Å². The summed E-state index contributed by atoms with van der Waals surface area (Å²) in [6.45, 7) is 3.46. The molecule has 1 aromatic heterocycles. The molecule has 0 aromatic carbocycles. The van der Waals surface area contributed by atoms with Crippen LogP contribution in [0, 0.1) is 13.8 Å². The number of aryl methyl sites for hydroxylation is 2. The largest absolute Gasteiger partial charge is 0.383 e. The first kappa shape index (κ1) is 7.65. The molecule has 1 rings (SSSR count). The molecular formula is C7H9N3O. The lowest BCUT2D eigenvalue weighted by Crippen LogP contribution is -2.04. The number of carbonyl (C=O) groups is 1. The summed E-state index contributed by atoms with van der Waals surface area (Å²) in [5, 5.41) is 0. The van der Waals surface area contributed by atoms with Gasteiger partial charge in [0.1, 0.15) is 11.6 Å². The van der Waals surface area contributed by atoms with Crippen LogP contribution in [0.1, 0.15) is 21.9 Å². The van der Waals surface area contributed by atoms with Crippen molar-refractivity contribution in [1.29, 1.82) is 0 Å². The van der Waals surface area contributed by atoms with Crippen LogP contribution in [0.25, 0.3) is 0 Å². The van der Waals surface area contributed by atoms with Crippen molar-refractivity contribution < 1.29 is 4.79 Å². The zero-order chi connectivity index (χ0) is 8.43. The fourth-order valence-corrected chi connectivity index (χ4v) is 0.893. The number of aromatic nitrogens is 2. The normalized spacial score (nSPS) is 9.64. The Labute approximate surface area is 64.5 Å². The fourth-order valence-electron chi connectivity index (χ4n) is 0.893. The summed E-state index contributed by atoms with van der Waals surface area (Å²) in [7, 11) is 0. The van der Waals surface area contributed by atoms with E-state index in [0.717, 1.165) is 0 Å². The van der Waals surface area contributed by atoms with E-state index in [2.05, 4.69) is 9.97 Å². The third kappa shape index (κ3) is 1.34. The van der Waals surface area contributed by atoms with E-state index in [1.807, 2.05) is 0 Å². The van der Waals surface area contributed by atoms with Gasteiger partial charge in [0.05, 0.1) is 11.3 Å². The summed E-state index contributed by atoms with van der Waals surface area (Å²) < 4.78 is 0. The van der Waals surface area contributed by atoms with Crippen LogP contribution in [0.4, 0.5) is 5.82 Å². The first-order chi connectivity index (χ1) is 5.15. The molecule has 0 aliphatic rings. The lowest BCUT2D eigenvalue weighted by molar-refractivity contribution is 0.112. The second-order valence-electron chi connectivity index (χ2n) is 2.27. The molecule has 0 amide bonds. The van der Waals surface area contributed by atoms with Crippen molar-refractivity contribution in [3.8, 4) is 0 Å². The first-order valence-corrected chi connectivity index (χ1v) is 3.21. The second-order valence-corrected chi connectivity index (χ2v) is 2.27. The summed E-state index contributed by atoms with van der Waals surface area (Å²) in [5.41, 5.74) is 6.46. The van der Waals surface area contributed by atoms with Gasteiger partial charge < -0.3 is 5.73 Å². The molecule has 4 nitrogen and oxygen atoms in total. The number of nitrogen functional groups attached to an aromatic ring is 1. The molecule has 4 heteroatoms. The highest BCUT2D eigenvalue weighted by atomic mass is 16.1. The molecule has 0 unspecified atom stereocenters. The Morgan fingerprint density at radius 2 is 2.00 bits per heavy atom. The number of nitrogens with two attached hydrogens (primary N) is 1. The van der Waals surface area contributed by atoms with Gasteiger partial charge in [-0.3, -0.25) is 4.79 Å². The monoisotopic (exact) mass is 151 g/mol. The standard InChI is InChI=1S/C7H9N3O/c1-4-6(3-11)7(8)10-5(2)9-4/h3H,1-2H3,(H2,8,9,10). The van der Waals surface area contributed by atoms with E-state index >= 15 is 0 Å². The fraction of sp³-hybridized carbons (Fsp3) is 0.286. The van der Waals surface area contributed by atoms with E-state index in [9.17, 15) is 4.79 Å². The number of carbonyl (C=O) groups excluding carboxylic acids is 1. The van der Waals surface area contributed by atoms with Crippen molar-refractivity contribution in [2.24, 2.45) is 0 Å². The van der Waals surface area contributed by atoms with Crippen LogP contribution in [0.2, 0.25) is 0 Å². The van der Waals surface area contributed by atoms with Gasteiger partial charge in [-0.05, 0) is 13.8 Å². The van der Waals surface area contributed by atoms with Crippen LogP contribution in [0.5, 0.6) is 0 Å². The van der Waals surface area contributed by atoms with Gasteiger partial charge in [0, 0.05) is 0 Å². The lowest BCUT2D eigenvalue weighted by Gasteiger charge is -2.01. The quantitative estimate of drug-likeness (QED) is 0.593. The number of rotatable bonds is 1. The molecule has 0 fully saturated rings. The molecule has 0 saturated heterocycles. The maximum Gasteiger partial charge on any atom is 0.155 e. The summed E-state index contributed by atoms with van der Waals surface area (Å²) >= 11 is 0.